The van der Waals surface area contributed by atoms with Crippen molar-refractivity contribution in [2.24, 2.45) is 0 Å². The molecule has 1 atom stereocenters. The van der Waals surface area contributed by atoms with Crippen LogP contribution in [0.2, 0.25) is 0 Å². The van der Waals surface area contributed by atoms with Crippen molar-refractivity contribution in [3.63, 3.8) is 0 Å². The van der Waals surface area contributed by atoms with E-state index < -0.39 is 10.9 Å². The summed E-state index contributed by atoms with van der Waals surface area (Å²) < 4.78 is 5.05. The van der Waals surface area contributed by atoms with Crippen LogP contribution in [0.5, 0.6) is 0 Å². The Kier molecular flexibility index (Phi) is 2.06. The fourth-order valence-electron chi connectivity index (χ4n) is 1.03. The van der Waals surface area contributed by atoms with Crippen molar-refractivity contribution in [2.45, 2.75) is 0 Å². The lowest BCUT2D eigenvalue weighted by atomic mass is 10.5. The first kappa shape index (κ1) is 8.31. The number of aromatic nitrogens is 2. The van der Waals surface area contributed by atoms with Crippen LogP contribution in [0.4, 0.5) is 0 Å². The maximum absolute atomic E-state index is 5.05. The monoisotopic (exact) mass is 193 g/mol. The molecular weight excluding hydrogens is 184 g/mol. The SMILES string of the molecule is [CH2][SH]1C=CC=C1c1nc(C=C)no1. The van der Waals surface area contributed by atoms with Gasteiger partial charge < -0.3 is 4.52 Å². The zero-order valence-corrected chi connectivity index (χ0v) is 7.87. The third kappa shape index (κ3) is 1.45. The zero-order chi connectivity index (χ0) is 9.26. The molecule has 2 rings (SSSR count). The fraction of sp³-hybridized carbons (Fsp3) is 0. The van der Waals surface area contributed by atoms with Crippen LogP contribution in [0, 0.1) is 6.26 Å². The molecule has 1 unspecified atom stereocenters. The maximum Gasteiger partial charge on any atom is 0.263 e. The first-order valence-electron chi connectivity index (χ1n) is 3.76. The van der Waals surface area contributed by atoms with Gasteiger partial charge in [-0.25, -0.2) is 10.9 Å². The molecule has 1 radical (unpaired) electrons. The predicted octanol–water partition coefficient (Wildman–Crippen LogP) is 2.37. The van der Waals surface area contributed by atoms with Crippen molar-refractivity contribution in [1.82, 2.24) is 10.1 Å². The van der Waals surface area contributed by atoms with Gasteiger partial charge in [-0.05, 0) is 23.8 Å². The predicted molar refractivity (Wildman–Crippen MR) is 55.8 cm³/mol. The third-order valence-corrected chi connectivity index (χ3v) is 3.16. The second-order valence-corrected chi connectivity index (χ2v) is 4.24. The molecule has 0 amide bonds. The molecule has 2 heterocycles. The highest BCUT2D eigenvalue weighted by atomic mass is 32.2. The van der Waals surface area contributed by atoms with E-state index in [2.05, 4.69) is 23.0 Å². The average molecular weight is 193 g/mol. The van der Waals surface area contributed by atoms with Crippen LogP contribution >= 0.6 is 10.9 Å². The second-order valence-electron chi connectivity index (χ2n) is 2.53. The van der Waals surface area contributed by atoms with Crippen molar-refractivity contribution in [3.05, 3.63) is 42.1 Å². The van der Waals surface area contributed by atoms with Gasteiger partial charge in [-0.1, -0.05) is 17.8 Å². The Morgan fingerprint density at radius 3 is 2.92 bits per heavy atom. The number of nitrogens with zero attached hydrogens (tertiary/aromatic N) is 2. The molecule has 4 heteroatoms. The summed E-state index contributed by atoms with van der Waals surface area (Å²) in [6, 6.07) is 0. The molecule has 0 bridgehead atoms. The van der Waals surface area contributed by atoms with Gasteiger partial charge >= 0.3 is 0 Å². The van der Waals surface area contributed by atoms with E-state index in [9.17, 15) is 0 Å². The Morgan fingerprint density at radius 2 is 2.38 bits per heavy atom. The number of rotatable bonds is 2. The number of hydrogen-bond acceptors (Lipinski definition) is 3. The molecule has 0 aromatic carbocycles. The summed E-state index contributed by atoms with van der Waals surface area (Å²) in [5.41, 5.74) is 0. The van der Waals surface area contributed by atoms with Crippen LogP contribution < -0.4 is 0 Å². The summed E-state index contributed by atoms with van der Waals surface area (Å²) in [4.78, 5) is 5.16. The second kappa shape index (κ2) is 3.22. The van der Waals surface area contributed by atoms with Gasteiger partial charge in [0.05, 0.1) is 4.91 Å². The minimum absolute atomic E-state index is 0.496. The molecule has 0 N–H and O–H groups in total. The van der Waals surface area contributed by atoms with Gasteiger partial charge in [0.25, 0.3) is 5.89 Å². The van der Waals surface area contributed by atoms with Crippen molar-refractivity contribution < 1.29 is 4.52 Å². The van der Waals surface area contributed by atoms with Gasteiger partial charge in [-0.3, -0.25) is 0 Å². The summed E-state index contributed by atoms with van der Waals surface area (Å²) in [5, 5.41) is 5.77. The Labute approximate surface area is 79.2 Å². The molecule has 13 heavy (non-hydrogen) atoms. The van der Waals surface area contributed by atoms with E-state index in [0.29, 0.717) is 11.7 Å². The third-order valence-electron chi connectivity index (χ3n) is 1.67. The summed E-state index contributed by atoms with van der Waals surface area (Å²) in [7, 11) is -0.496. The Balaban J connectivity index is 2.31. The van der Waals surface area contributed by atoms with Gasteiger partial charge in [-0.2, -0.15) is 4.98 Å². The zero-order valence-electron chi connectivity index (χ0n) is 6.97. The van der Waals surface area contributed by atoms with Gasteiger partial charge in [0.15, 0.2) is 5.82 Å². The molecule has 1 aromatic heterocycles. The minimum atomic E-state index is -0.496. The highest BCUT2D eigenvalue weighted by molar-refractivity contribution is 8.28. The highest BCUT2D eigenvalue weighted by Gasteiger charge is 2.14. The summed E-state index contributed by atoms with van der Waals surface area (Å²) in [6.07, 6.45) is 9.46. The maximum atomic E-state index is 5.05. The molecule has 1 aromatic rings. The van der Waals surface area contributed by atoms with Crippen LogP contribution in [-0.2, 0) is 0 Å². The van der Waals surface area contributed by atoms with Gasteiger partial charge in [0.1, 0.15) is 0 Å². The Bertz CT molecular complexity index is 392. The van der Waals surface area contributed by atoms with Crippen molar-refractivity contribution >= 4 is 21.9 Å². The molecule has 67 valence electrons. The van der Waals surface area contributed by atoms with E-state index >= 15 is 0 Å². The van der Waals surface area contributed by atoms with E-state index in [-0.39, 0.29) is 0 Å². The number of hydrogen-bond donors (Lipinski definition) is 1. The first-order valence-corrected chi connectivity index (χ1v) is 5.35. The van der Waals surface area contributed by atoms with Gasteiger partial charge in [0.2, 0.25) is 0 Å². The fourth-order valence-corrected chi connectivity index (χ4v) is 2.10. The molecule has 0 aliphatic carbocycles. The normalized spacial score (nSPS) is 23.2. The number of allylic oxidation sites excluding steroid dienone is 2. The van der Waals surface area contributed by atoms with Crippen LogP contribution in [0.3, 0.4) is 0 Å². The van der Waals surface area contributed by atoms with Crippen LogP contribution in [0.1, 0.15) is 11.7 Å². The van der Waals surface area contributed by atoms with E-state index in [4.69, 9.17) is 4.52 Å². The summed E-state index contributed by atoms with van der Waals surface area (Å²) in [5.74, 6) is 1.08. The summed E-state index contributed by atoms with van der Waals surface area (Å²) >= 11 is 0. The van der Waals surface area contributed by atoms with E-state index in [1.165, 1.54) is 0 Å². The summed E-state index contributed by atoms with van der Waals surface area (Å²) in [6.45, 7) is 3.56. The van der Waals surface area contributed by atoms with Gasteiger partial charge in [-0.15, -0.1) is 0 Å². The molecule has 0 spiro atoms. The van der Waals surface area contributed by atoms with Crippen molar-refractivity contribution in [2.75, 3.05) is 0 Å². The molecular formula is C9H9N2OS. The molecule has 3 nitrogen and oxygen atoms in total. The standard InChI is InChI=1S/C9H9N2OS/c1-3-8-10-9(12-11-8)7-5-4-6-13(7)2/h3-6,13H,1-2H2. The van der Waals surface area contributed by atoms with Crippen LogP contribution in [0.25, 0.3) is 11.0 Å². The Morgan fingerprint density at radius 1 is 1.54 bits per heavy atom. The number of thiol groups is 1. The van der Waals surface area contributed by atoms with E-state index in [1.54, 1.807) is 6.08 Å². The first-order chi connectivity index (χ1) is 6.31. The van der Waals surface area contributed by atoms with Gasteiger partial charge in [0, 0.05) is 0 Å². The molecule has 0 saturated heterocycles. The smallest absolute Gasteiger partial charge is 0.263 e. The topological polar surface area (TPSA) is 38.9 Å². The molecule has 1 aliphatic rings. The minimum Gasteiger partial charge on any atom is -0.333 e. The van der Waals surface area contributed by atoms with Crippen molar-refractivity contribution in [1.29, 1.82) is 0 Å². The molecule has 0 fully saturated rings. The lowest BCUT2D eigenvalue weighted by molar-refractivity contribution is 0.407. The Hall–Kier alpha value is -1.29. The lowest BCUT2D eigenvalue weighted by Crippen LogP contribution is -1.80. The van der Waals surface area contributed by atoms with Crippen LogP contribution in [0.15, 0.2) is 28.7 Å². The molecule has 0 saturated carbocycles. The van der Waals surface area contributed by atoms with Crippen LogP contribution in [-0.4, -0.2) is 10.1 Å². The highest BCUT2D eigenvalue weighted by Crippen LogP contribution is 2.44. The molecule has 1 aliphatic heterocycles. The lowest BCUT2D eigenvalue weighted by Gasteiger charge is -2.05. The van der Waals surface area contributed by atoms with E-state index in [1.807, 2.05) is 17.6 Å². The largest absolute Gasteiger partial charge is 0.333 e. The average Bonchev–Trinajstić information content (AvgIpc) is 2.71. The van der Waals surface area contributed by atoms with E-state index in [0.717, 1.165) is 4.91 Å². The quantitative estimate of drug-likeness (QED) is 0.733. The van der Waals surface area contributed by atoms with Crippen molar-refractivity contribution in [3.8, 4) is 0 Å².